The molecule has 2 rings (SSSR count). The quantitative estimate of drug-likeness (QED) is 0.803. The van der Waals surface area contributed by atoms with E-state index in [0.29, 0.717) is 6.54 Å². The van der Waals surface area contributed by atoms with Crippen LogP contribution in [0, 0.1) is 5.92 Å². The summed E-state index contributed by atoms with van der Waals surface area (Å²) in [5.74, 6) is -0.838. The molecule has 2 heterocycles. The van der Waals surface area contributed by atoms with Crippen molar-refractivity contribution in [2.24, 2.45) is 13.0 Å². The van der Waals surface area contributed by atoms with Crippen molar-refractivity contribution in [2.45, 2.75) is 13.0 Å². The minimum Gasteiger partial charge on any atom is -0.481 e. The fraction of sp³-hybridized carbons (Fsp3) is 0.545. The molecule has 1 saturated heterocycles. The maximum Gasteiger partial charge on any atom is 0.307 e. The van der Waals surface area contributed by atoms with Crippen molar-refractivity contribution in [1.29, 1.82) is 0 Å². The highest BCUT2D eigenvalue weighted by Crippen LogP contribution is 2.18. The number of carboxylic acid groups (broad SMARTS) is 1. The van der Waals surface area contributed by atoms with Gasteiger partial charge in [-0.1, -0.05) is 0 Å². The third kappa shape index (κ3) is 2.21. The topological polar surface area (TPSA) is 45.5 Å². The van der Waals surface area contributed by atoms with Gasteiger partial charge >= 0.3 is 5.97 Å². The summed E-state index contributed by atoms with van der Waals surface area (Å²) in [6.07, 6.45) is 2.79. The van der Waals surface area contributed by atoms with E-state index in [9.17, 15) is 4.79 Å². The number of carboxylic acids is 1. The van der Waals surface area contributed by atoms with E-state index in [-0.39, 0.29) is 5.92 Å². The lowest BCUT2D eigenvalue weighted by Crippen LogP contribution is -2.23. The average molecular weight is 208 g/mol. The highest BCUT2D eigenvalue weighted by Gasteiger charge is 2.27. The second-order valence-corrected chi connectivity index (χ2v) is 4.17. The zero-order valence-corrected chi connectivity index (χ0v) is 8.89. The molecule has 1 atom stereocenters. The van der Waals surface area contributed by atoms with Gasteiger partial charge in [0.15, 0.2) is 0 Å². The van der Waals surface area contributed by atoms with Crippen LogP contribution in [-0.2, 0) is 18.4 Å². The maximum atomic E-state index is 10.8. The Kier molecular flexibility index (Phi) is 2.77. The maximum absolute atomic E-state index is 10.8. The van der Waals surface area contributed by atoms with Crippen molar-refractivity contribution in [1.82, 2.24) is 9.47 Å². The van der Waals surface area contributed by atoms with Crippen LogP contribution < -0.4 is 0 Å². The first kappa shape index (κ1) is 10.2. The summed E-state index contributed by atoms with van der Waals surface area (Å²) in [6.45, 7) is 2.43. The van der Waals surface area contributed by atoms with Crippen LogP contribution in [0.25, 0.3) is 0 Å². The second kappa shape index (κ2) is 4.06. The SMILES string of the molecule is Cn1cccc1CN1CC[C@H](C(=O)O)C1. The van der Waals surface area contributed by atoms with E-state index in [0.717, 1.165) is 19.5 Å². The highest BCUT2D eigenvalue weighted by molar-refractivity contribution is 5.70. The summed E-state index contributed by atoms with van der Waals surface area (Å²) < 4.78 is 2.08. The predicted octanol–water partition coefficient (Wildman–Crippen LogP) is 0.932. The van der Waals surface area contributed by atoms with Gasteiger partial charge in [-0.3, -0.25) is 9.69 Å². The molecular formula is C11H16N2O2. The molecule has 0 saturated carbocycles. The molecule has 4 heteroatoms. The predicted molar refractivity (Wildman–Crippen MR) is 56.4 cm³/mol. The molecule has 0 aromatic carbocycles. The van der Waals surface area contributed by atoms with Crippen molar-refractivity contribution in [3.05, 3.63) is 24.0 Å². The molecule has 1 fully saturated rings. The van der Waals surface area contributed by atoms with E-state index >= 15 is 0 Å². The average Bonchev–Trinajstić information content (AvgIpc) is 2.77. The van der Waals surface area contributed by atoms with E-state index in [4.69, 9.17) is 5.11 Å². The largest absolute Gasteiger partial charge is 0.481 e. The van der Waals surface area contributed by atoms with E-state index in [1.807, 2.05) is 19.3 Å². The van der Waals surface area contributed by atoms with E-state index in [1.54, 1.807) is 0 Å². The lowest BCUT2D eigenvalue weighted by Gasteiger charge is -2.15. The molecule has 0 unspecified atom stereocenters. The van der Waals surface area contributed by atoms with Crippen LogP contribution in [0.2, 0.25) is 0 Å². The Bertz CT molecular complexity index is 359. The van der Waals surface area contributed by atoms with Crippen LogP contribution in [-0.4, -0.2) is 33.6 Å². The van der Waals surface area contributed by atoms with Gasteiger partial charge in [0, 0.05) is 32.0 Å². The van der Waals surface area contributed by atoms with Crippen LogP contribution in [0.15, 0.2) is 18.3 Å². The Morgan fingerprint density at radius 3 is 3.00 bits per heavy atom. The number of aliphatic carboxylic acids is 1. The molecule has 15 heavy (non-hydrogen) atoms. The summed E-state index contributed by atoms with van der Waals surface area (Å²) >= 11 is 0. The molecular weight excluding hydrogens is 192 g/mol. The van der Waals surface area contributed by atoms with Crippen LogP contribution in [0.4, 0.5) is 0 Å². The summed E-state index contributed by atoms with van der Waals surface area (Å²) in [5, 5.41) is 8.88. The molecule has 0 bridgehead atoms. The molecule has 0 aliphatic carbocycles. The summed E-state index contributed by atoms with van der Waals surface area (Å²) in [5.41, 5.74) is 1.24. The normalized spacial score (nSPS) is 22.1. The van der Waals surface area contributed by atoms with Crippen molar-refractivity contribution in [3.8, 4) is 0 Å². The molecule has 1 aliphatic rings. The van der Waals surface area contributed by atoms with Gasteiger partial charge < -0.3 is 9.67 Å². The lowest BCUT2D eigenvalue weighted by atomic mass is 10.1. The molecule has 0 amide bonds. The number of nitrogens with zero attached hydrogens (tertiary/aromatic N) is 2. The van der Waals surface area contributed by atoms with Gasteiger partial charge in [0.1, 0.15) is 0 Å². The number of likely N-dealkylation sites (tertiary alicyclic amines) is 1. The first-order valence-electron chi connectivity index (χ1n) is 5.22. The molecule has 1 aliphatic heterocycles. The fourth-order valence-corrected chi connectivity index (χ4v) is 2.07. The first-order chi connectivity index (χ1) is 7.16. The molecule has 0 spiro atoms. The van der Waals surface area contributed by atoms with E-state index < -0.39 is 5.97 Å². The lowest BCUT2D eigenvalue weighted by molar-refractivity contribution is -0.141. The van der Waals surface area contributed by atoms with Gasteiger partial charge in [0.05, 0.1) is 5.92 Å². The van der Waals surface area contributed by atoms with Gasteiger partial charge in [0.2, 0.25) is 0 Å². The number of aromatic nitrogens is 1. The third-order valence-corrected chi connectivity index (χ3v) is 3.06. The highest BCUT2D eigenvalue weighted by atomic mass is 16.4. The van der Waals surface area contributed by atoms with Gasteiger partial charge in [-0.05, 0) is 25.1 Å². The molecule has 82 valence electrons. The zero-order valence-electron chi connectivity index (χ0n) is 8.89. The summed E-state index contributed by atoms with van der Waals surface area (Å²) in [6, 6.07) is 4.09. The molecule has 4 nitrogen and oxygen atoms in total. The molecule has 0 radical (unpaired) electrons. The number of carbonyl (C=O) groups is 1. The number of aryl methyl sites for hydroxylation is 1. The monoisotopic (exact) mass is 208 g/mol. The molecule has 1 aromatic rings. The van der Waals surface area contributed by atoms with Gasteiger partial charge in [-0.15, -0.1) is 0 Å². The van der Waals surface area contributed by atoms with E-state index in [2.05, 4.69) is 15.5 Å². The Morgan fingerprint density at radius 1 is 1.67 bits per heavy atom. The van der Waals surface area contributed by atoms with Crippen molar-refractivity contribution in [2.75, 3.05) is 13.1 Å². The van der Waals surface area contributed by atoms with Crippen molar-refractivity contribution in [3.63, 3.8) is 0 Å². The molecule has 1 N–H and O–H groups in total. The smallest absolute Gasteiger partial charge is 0.307 e. The summed E-state index contributed by atoms with van der Waals surface area (Å²) in [7, 11) is 2.01. The van der Waals surface area contributed by atoms with Crippen molar-refractivity contribution < 1.29 is 9.90 Å². The fourth-order valence-electron chi connectivity index (χ4n) is 2.07. The minimum atomic E-state index is -0.663. The van der Waals surface area contributed by atoms with Crippen molar-refractivity contribution >= 4 is 5.97 Å². The number of hydrogen-bond acceptors (Lipinski definition) is 2. The second-order valence-electron chi connectivity index (χ2n) is 4.17. The third-order valence-electron chi connectivity index (χ3n) is 3.06. The Hall–Kier alpha value is -1.29. The van der Waals surface area contributed by atoms with Gasteiger partial charge in [-0.2, -0.15) is 0 Å². The standard InChI is InChI=1S/C11H16N2O2/c1-12-5-2-3-10(12)8-13-6-4-9(7-13)11(14)15/h2-3,5,9H,4,6-8H2,1H3,(H,14,15)/t9-/m0/s1. The Morgan fingerprint density at radius 2 is 2.47 bits per heavy atom. The van der Waals surface area contributed by atoms with Crippen LogP contribution in [0.5, 0.6) is 0 Å². The van der Waals surface area contributed by atoms with E-state index in [1.165, 1.54) is 5.69 Å². The number of hydrogen-bond donors (Lipinski definition) is 1. The van der Waals surface area contributed by atoms with Crippen LogP contribution >= 0.6 is 0 Å². The van der Waals surface area contributed by atoms with Gasteiger partial charge in [0.25, 0.3) is 0 Å². The Balaban J connectivity index is 1.93. The first-order valence-corrected chi connectivity index (χ1v) is 5.22. The minimum absolute atomic E-state index is 0.176. The number of rotatable bonds is 3. The van der Waals surface area contributed by atoms with Gasteiger partial charge in [-0.25, -0.2) is 0 Å². The Labute approximate surface area is 89.1 Å². The van der Waals surface area contributed by atoms with Crippen LogP contribution in [0.3, 0.4) is 0 Å². The zero-order chi connectivity index (χ0) is 10.8. The molecule has 1 aromatic heterocycles. The van der Waals surface area contributed by atoms with Crippen LogP contribution in [0.1, 0.15) is 12.1 Å². The summed E-state index contributed by atoms with van der Waals surface area (Å²) in [4.78, 5) is 13.0.